The molecule has 0 aromatic heterocycles. The topological polar surface area (TPSA) is 32.3 Å². The van der Waals surface area contributed by atoms with Gasteiger partial charge in [0.1, 0.15) is 5.82 Å². The van der Waals surface area contributed by atoms with Crippen LogP contribution >= 0.6 is 11.8 Å². The Morgan fingerprint density at radius 1 is 1.38 bits per heavy atom. The number of carbonyl (C=O) groups is 1. The smallest absolute Gasteiger partial charge is 0.244 e. The minimum absolute atomic E-state index is 0.0908. The normalized spacial score (nSPS) is 26.4. The maximum Gasteiger partial charge on any atom is 0.244 e. The van der Waals surface area contributed by atoms with Crippen LogP contribution in [0.5, 0.6) is 0 Å². The highest BCUT2D eigenvalue weighted by Gasteiger charge is 2.32. The zero-order valence-electron chi connectivity index (χ0n) is 12.3. The third kappa shape index (κ3) is 3.24. The summed E-state index contributed by atoms with van der Waals surface area (Å²) in [5, 5.41) is 3.51. The van der Waals surface area contributed by atoms with Gasteiger partial charge >= 0.3 is 0 Å². The van der Waals surface area contributed by atoms with Crippen molar-refractivity contribution in [3.05, 3.63) is 29.6 Å². The van der Waals surface area contributed by atoms with Crippen LogP contribution in [0.3, 0.4) is 0 Å². The van der Waals surface area contributed by atoms with E-state index in [-0.39, 0.29) is 17.8 Å². The van der Waals surface area contributed by atoms with Crippen molar-refractivity contribution in [3.63, 3.8) is 0 Å². The molecule has 2 fully saturated rings. The highest BCUT2D eigenvalue weighted by molar-refractivity contribution is 7.99. The lowest BCUT2D eigenvalue weighted by Gasteiger charge is -2.34. The molecule has 0 spiro atoms. The van der Waals surface area contributed by atoms with Crippen molar-refractivity contribution in [2.24, 2.45) is 0 Å². The third-order valence-corrected chi connectivity index (χ3v) is 5.42. The van der Waals surface area contributed by atoms with Gasteiger partial charge in [0.2, 0.25) is 5.91 Å². The zero-order chi connectivity index (χ0) is 14.8. The predicted octanol–water partition coefficient (Wildman–Crippen LogP) is 2.72. The maximum atomic E-state index is 13.2. The van der Waals surface area contributed by atoms with Crippen LogP contribution in [0, 0.1) is 12.7 Å². The van der Waals surface area contributed by atoms with Crippen molar-refractivity contribution in [2.75, 3.05) is 23.0 Å². The fourth-order valence-corrected chi connectivity index (χ4v) is 4.31. The molecule has 0 aliphatic carbocycles. The van der Waals surface area contributed by atoms with E-state index in [1.54, 1.807) is 6.07 Å². The largest absolute Gasteiger partial charge is 0.311 e. The third-order valence-electron chi connectivity index (χ3n) is 4.25. The summed E-state index contributed by atoms with van der Waals surface area (Å²) in [4.78, 5) is 14.5. The standard InChI is InChI=1S/C16H21FN2OS/c1-11-9-12(17)4-5-15(11)19-7-2-3-14(16(19)20)18-13-6-8-21-10-13/h4-5,9,13-14,18H,2-3,6-8,10H2,1H3/t13-,14-/m1/s1. The maximum absolute atomic E-state index is 13.2. The fourth-order valence-electron chi connectivity index (χ4n) is 3.14. The van der Waals surface area contributed by atoms with Crippen LogP contribution in [0.25, 0.3) is 0 Å². The molecule has 2 saturated heterocycles. The Bertz CT molecular complexity index is 531. The first-order valence-corrected chi connectivity index (χ1v) is 8.72. The Kier molecular flexibility index (Phi) is 4.50. The number of thioether (sulfide) groups is 1. The number of aryl methyl sites for hydroxylation is 1. The van der Waals surface area contributed by atoms with Gasteiger partial charge in [0.25, 0.3) is 0 Å². The van der Waals surface area contributed by atoms with Gasteiger partial charge in [-0.2, -0.15) is 11.8 Å². The number of piperidine rings is 1. The first-order valence-electron chi connectivity index (χ1n) is 7.56. The van der Waals surface area contributed by atoms with Crippen molar-refractivity contribution in [2.45, 2.75) is 38.3 Å². The molecule has 0 radical (unpaired) electrons. The van der Waals surface area contributed by atoms with E-state index in [1.807, 2.05) is 23.6 Å². The lowest BCUT2D eigenvalue weighted by atomic mass is 10.0. The SMILES string of the molecule is Cc1cc(F)ccc1N1CCC[C@@H](N[C@@H]2CCSC2)C1=O. The van der Waals surface area contributed by atoms with E-state index in [0.29, 0.717) is 6.04 Å². The van der Waals surface area contributed by atoms with E-state index < -0.39 is 0 Å². The van der Waals surface area contributed by atoms with Crippen LogP contribution in [0.4, 0.5) is 10.1 Å². The van der Waals surface area contributed by atoms with E-state index in [0.717, 1.165) is 42.8 Å². The first kappa shape index (κ1) is 14.9. The monoisotopic (exact) mass is 308 g/mol. The average molecular weight is 308 g/mol. The molecule has 0 saturated carbocycles. The summed E-state index contributed by atoms with van der Waals surface area (Å²) in [6.45, 7) is 2.58. The molecule has 2 aliphatic heterocycles. The van der Waals surface area contributed by atoms with Gasteiger partial charge in [-0.1, -0.05) is 0 Å². The van der Waals surface area contributed by atoms with Gasteiger partial charge < -0.3 is 10.2 Å². The first-order chi connectivity index (χ1) is 10.1. The quantitative estimate of drug-likeness (QED) is 0.932. The average Bonchev–Trinajstić information content (AvgIpc) is 2.95. The van der Waals surface area contributed by atoms with Gasteiger partial charge in [-0.25, -0.2) is 4.39 Å². The molecule has 2 heterocycles. The Hall–Kier alpha value is -1.07. The van der Waals surface area contributed by atoms with Gasteiger partial charge in [-0.3, -0.25) is 4.79 Å². The summed E-state index contributed by atoms with van der Waals surface area (Å²) in [5.41, 5.74) is 1.66. The van der Waals surface area contributed by atoms with E-state index >= 15 is 0 Å². The highest BCUT2D eigenvalue weighted by atomic mass is 32.2. The lowest BCUT2D eigenvalue weighted by molar-refractivity contribution is -0.122. The van der Waals surface area contributed by atoms with Crippen molar-refractivity contribution in [1.29, 1.82) is 0 Å². The molecule has 114 valence electrons. The van der Waals surface area contributed by atoms with Gasteiger partial charge in [-0.15, -0.1) is 0 Å². The summed E-state index contributed by atoms with van der Waals surface area (Å²) in [5.74, 6) is 2.16. The second-order valence-electron chi connectivity index (χ2n) is 5.84. The molecule has 2 aliphatic rings. The Labute approximate surface area is 129 Å². The molecular weight excluding hydrogens is 287 g/mol. The molecule has 1 aromatic carbocycles. The van der Waals surface area contributed by atoms with Crippen LogP contribution < -0.4 is 10.2 Å². The summed E-state index contributed by atoms with van der Waals surface area (Å²) < 4.78 is 13.2. The molecule has 0 bridgehead atoms. The minimum atomic E-state index is -0.252. The number of amides is 1. The number of hydrogen-bond acceptors (Lipinski definition) is 3. The lowest BCUT2D eigenvalue weighted by Crippen LogP contribution is -2.53. The zero-order valence-corrected chi connectivity index (χ0v) is 13.1. The number of rotatable bonds is 3. The van der Waals surface area contributed by atoms with Crippen LogP contribution in [0.15, 0.2) is 18.2 Å². The number of nitrogens with zero attached hydrogens (tertiary/aromatic N) is 1. The van der Waals surface area contributed by atoms with Crippen molar-refractivity contribution in [1.82, 2.24) is 5.32 Å². The van der Waals surface area contributed by atoms with E-state index in [9.17, 15) is 9.18 Å². The second kappa shape index (κ2) is 6.36. The van der Waals surface area contributed by atoms with Gasteiger partial charge in [0.15, 0.2) is 0 Å². The van der Waals surface area contributed by atoms with Crippen LogP contribution in [-0.2, 0) is 4.79 Å². The number of benzene rings is 1. The summed E-state index contributed by atoms with van der Waals surface area (Å²) in [6, 6.07) is 5.01. The van der Waals surface area contributed by atoms with E-state index in [4.69, 9.17) is 0 Å². The molecule has 3 nitrogen and oxygen atoms in total. The Morgan fingerprint density at radius 2 is 2.24 bits per heavy atom. The van der Waals surface area contributed by atoms with Gasteiger partial charge in [-0.05, 0) is 55.7 Å². The van der Waals surface area contributed by atoms with Gasteiger partial charge in [0.05, 0.1) is 6.04 Å². The molecule has 3 rings (SSSR count). The molecule has 5 heteroatoms. The Balaban J connectivity index is 1.74. The number of hydrogen-bond donors (Lipinski definition) is 1. The Morgan fingerprint density at radius 3 is 2.95 bits per heavy atom. The van der Waals surface area contributed by atoms with Crippen LogP contribution in [0.2, 0.25) is 0 Å². The number of carbonyl (C=O) groups excluding carboxylic acids is 1. The molecule has 21 heavy (non-hydrogen) atoms. The number of halogens is 1. The molecule has 1 aromatic rings. The number of anilines is 1. The van der Waals surface area contributed by atoms with Crippen LogP contribution in [-0.4, -0.2) is 36.0 Å². The van der Waals surface area contributed by atoms with Crippen molar-refractivity contribution in [3.8, 4) is 0 Å². The molecule has 1 N–H and O–H groups in total. The van der Waals surface area contributed by atoms with E-state index in [1.165, 1.54) is 17.9 Å². The van der Waals surface area contributed by atoms with Crippen LogP contribution in [0.1, 0.15) is 24.8 Å². The van der Waals surface area contributed by atoms with Crippen molar-refractivity contribution < 1.29 is 9.18 Å². The summed E-state index contributed by atoms with van der Waals surface area (Å²) in [7, 11) is 0. The molecule has 2 atom stereocenters. The summed E-state index contributed by atoms with van der Waals surface area (Å²) in [6.07, 6.45) is 3.03. The molecule has 1 amide bonds. The predicted molar refractivity (Wildman–Crippen MR) is 85.4 cm³/mol. The fraction of sp³-hybridized carbons (Fsp3) is 0.562. The molecule has 0 unspecified atom stereocenters. The minimum Gasteiger partial charge on any atom is -0.311 e. The number of nitrogens with one attached hydrogen (secondary N) is 1. The molecular formula is C16H21FN2OS. The second-order valence-corrected chi connectivity index (χ2v) is 6.99. The van der Waals surface area contributed by atoms with Crippen molar-refractivity contribution >= 4 is 23.4 Å². The van der Waals surface area contributed by atoms with Gasteiger partial charge in [0, 0.05) is 24.0 Å². The summed E-state index contributed by atoms with van der Waals surface area (Å²) >= 11 is 1.94. The highest BCUT2D eigenvalue weighted by Crippen LogP contribution is 2.26. The van der Waals surface area contributed by atoms with E-state index in [2.05, 4.69) is 5.32 Å².